The summed E-state index contributed by atoms with van der Waals surface area (Å²) in [4.78, 5) is 35.5. The summed E-state index contributed by atoms with van der Waals surface area (Å²) in [5, 5.41) is 65.3. The Labute approximate surface area is 240 Å². The summed E-state index contributed by atoms with van der Waals surface area (Å²) < 4.78 is 37.5. The molecule has 3 fully saturated rings. The van der Waals surface area contributed by atoms with Crippen LogP contribution in [0.3, 0.4) is 0 Å². The van der Waals surface area contributed by atoms with Crippen LogP contribution in [0.15, 0.2) is 12.7 Å². The molecule has 0 aromatic heterocycles. The van der Waals surface area contributed by atoms with Crippen LogP contribution < -0.4 is 10.6 Å². The fourth-order valence-electron chi connectivity index (χ4n) is 4.34. The number of aliphatic hydroxyl groups excluding tert-OH is 5. The Bertz CT molecular complexity index is 938. The minimum Gasteiger partial charge on any atom is -0.477 e. The van der Waals surface area contributed by atoms with E-state index in [1.54, 1.807) is 6.08 Å². The predicted molar refractivity (Wildman–Crippen MR) is 133 cm³/mol. The molecule has 0 radical (unpaired) electrons. The highest BCUT2D eigenvalue weighted by atomic mass is 16.8. The van der Waals surface area contributed by atoms with Gasteiger partial charge in [-0.1, -0.05) is 6.08 Å². The molecule has 2 amide bonds. The average molecular weight is 611 g/mol. The number of hydrogen-bond donors (Lipinski definition) is 8. The van der Waals surface area contributed by atoms with Crippen LogP contribution in [0.4, 0.5) is 9.59 Å². The van der Waals surface area contributed by atoms with Crippen LogP contribution in [0.25, 0.3) is 0 Å². The molecule has 0 aliphatic carbocycles. The Morgan fingerprint density at radius 3 is 2.21 bits per heavy atom. The first-order valence-electron chi connectivity index (χ1n) is 13.2. The molecule has 3 heterocycles. The average Bonchev–Trinajstić information content (AvgIpc) is 3.32. The van der Waals surface area contributed by atoms with Gasteiger partial charge in [-0.25, -0.2) is 14.4 Å². The Morgan fingerprint density at radius 2 is 1.60 bits per heavy atom. The molecular formula is C24H38N2O16. The van der Waals surface area contributed by atoms with Crippen molar-refractivity contribution >= 4 is 18.2 Å². The Hall–Kier alpha value is -2.65. The maximum atomic E-state index is 12.3. The molecule has 18 nitrogen and oxygen atoms in total. The molecule has 3 aliphatic rings. The molecule has 4 unspecified atom stereocenters. The standard InChI is InChI=1S/C24H38N2O16/c1-3-4-5-8-36-22(34)25-6-7-26-23(35)37-10-12-17(40-19-15(30)14(29)13(28)11(9-27)38-19)16(31)18-20(39-12)42-24(2,41-18)21(32)33/h3,11-20,27-31H,1,4-10H2,2H3,(H,25,34)(H,26,35)(H,32,33)/t11?,12-,13-,14-,15?,16?,17+,18?,19-,20+,24+/m0/s1. The van der Waals surface area contributed by atoms with E-state index in [0.717, 1.165) is 6.92 Å². The molecule has 0 aromatic carbocycles. The highest BCUT2D eigenvalue weighted by molar-refractivity contribution is 5.75. The van der Waals surface area contributed by atoms with Gasteiger partial charge in [-0.05, 0) is 12.8 Å². The van der Waals surface area contributed by atoms with Crippen molar-refractivity contribution < 1.29 is 78.2 Å². The van der Waals surface area contributed by atoms with Gasteiger partial charge in [0.25, 0.3) is 5.79 Å². The molecule has 3 saturated heterocycles. The van der Waals surface area contributed by atoms with E-state index in [9.17, 15) is 45.0 Å². The number of aliphatic carboxylic acids is 1. The predicted octanol–water partition coefficient (Wildman–Crippen LogP) is -3.11. The van der Waals surface area contributed by atoms with Crippen LogP contribution in [0, 0.1) is 0 Å². The maximum absolute atomic E-state index is 12.3. The number of carboxylic acid groups (broad SMARTS) is 1. The molecular weight excluding hydrogens is 572 g/mol. The molecule has 18 heteroatoms. The maximum Gasteiger partial charge on any atom is 0.407 e. The number of allylic oxidation sites excluding steroid dienone is 1. The van der Waals surface area contributed by atoms with E-state index in [1.165, 1.54) is 0 Å². The number of alkyl carbamates (subject to hydrolysis) is 2. The first kappa shape index (κ1) is 33.8. The first-order valence-corrected chi connectivity index (χ1v) is 13.2. The summed E-state index contributed by atoms with van der Waals surface area (Å²) in [5.41, 5.74) is 0. The number of carboxylic acids is 1. The third kappa shape index (κ3) is 8.25. The Kier molecular flexibility index (Phi) is 12.2. The highest BCUT2D eigenvalue weighted by Gasteiger charge is 2.60. The number of hydrogen-bond acceptors (Lipinski definition) is 15. The number of carbonyl (C=O) groups excluding carboxylic acids is 2. The Morgan fingerprint density at radius 1 is 0.929 bits per heavy atom. The number of ether oxygens (including phenoxy) is 7. The lowest BCUT2D eigenvalue weighted by Crippen LogP contribution is -2.64. The molecule has 42 heavy (non-hydrogen) atoms. The van der Waals surface area contributed by atoms with E-state index in [2.05, 4.69) is 17.2 Å². The molecule has 0 bridgehead atoms. The van der Waals surface area contributed by atoms with Crippen LogP contribution in [-0.2, 0) is 38.0 Å². The first-order chi connectivity index (χ1) is 19.9. The van der Waals surface area contributed by atoms with Gasteiger partial charge in [-0.3, -0.25) is 0 Å². The summed E-state index contributed by atoms with van der Waals surface area (Å²) in [7, 11) is 0. The van der Waals surface area contributed by atoms with Crippen LogP contribution in [-0.4, -0.2) is 149 Å². The number of carbonyl (C=O) groups is 3. The zero-order chi connectivity index (χ0) is 31.0. The van der Waals surface area contributed by atoms with Crippen molar-refractivity contribution in [3.05, 3.63) is 12.7 Å². The summed E-state index contributed by atoms with van der Waals surface area (Å²) in [6, 6.07) is 0. The van der Waals surface area contributed by atoms with Gasteiger partial charge in [0, 0.05) is 20.0 Å². The molecule has 3 rings (SSSR count). The second-order valence-electron chi connectivity index (χ2n) is 9.80. The number of fused-ring (bicyclic) bond motifs is 1. The van der Waals surface area contributed by atoms with Crippen molar-refractivity contribution in [2.75, 3.05) is 32.9 Å². The number of amides is 2. The van der Waals surface area contributed by atoms with Gasteiger partial charge in [0.1, 0.15) is 55.4 Å². The van der Waals surface area contributed by atoms with Crippen LogP contribution in [0.5, 0.6) is 0 Å². The SMILES string of the molecule is C=CCCCOC(=O)NCCNC(=O)OC[C@@H]1O[C@@H]2O[C@](C)(C(=O)O)OC2C(O)[C@@H]1O[C@@H]1OC(CO)[C@H](O)[C@H](O)C1O. The lowest BCUT2D eigenvalue weighted by atomic mass is 9.97. The van der Waals surface area contributed by atoms with E-state index in [-0.39, 0.29) is 19.7 Å². The molecule has 11 atom stereocenters. The topological polar surface area (TPSA) is 261 Å². The van der Waals surface area contributed by atoms with Gasteiger partial charge < -0.3 is 74.4 Å². The van der Waals surface area contributed by atoms with Gasteiger partial charge in [-0.15, -0.1) is 6.58 Å². The van der Waals surface area contributed by atoms with Crippen molar-refractivity contribution in [2.24, 2.45) is 0 Å². The van der Waals surface area contributed by atoms with Crippen LogP contribution in [0.1, 0.15) is 19.8 Å². The minimum atomic E-state index is -2.20. The third-order valence-corrected chi connectivity index (χ3v) is 6.68. The van der Waals surface area contributed by atoms with Crippen molar-refractivity contribution in [2.45, 2.75) is 87.0 Å². The Balaban J connectivity index is 1.60. The van der Waals surface area contributed by atoms with E-state index in [1.807, 2.05) is 0 Å². The minimum absolute atomic E-state index is 0.0135. The van der Waals surface area contributed by atoms with Gasteiger partial charge in [-0.2, -0.15) is 0 Å². The van der Waals surface area contributed by atoms with E-state index in [0.29, 0.717) is 12.8 Å². The molecule has 0 aromatic rings. The van der Waals surface area contributed by atoms with Gasteiger partial charge in [0.05, 0.1) is 13.2 Å². The zero-order valence-corrected chi connectivity index (χ0v) is 22.8. The fourth-order valence-corrected chi connectivity index (χ4v) is 4.34. The molecule has 3 aliphatic heterocycles. The van der Waals surface area contributed by atoms with Crippen molar-refractivity contribution in [3.8, 4) is 0 Å². The van der Waals surface area contributed by atoms with Crippen molar-refractivity contribution in [1.82, 2.24) is 10.6 Å². The highest BCUT2D eigenvalue weighted by Crippen LogP contribution is 2.38. The number of rotatable bonds is 13. The fraction of sp³-hybridized carbons (Fsp3) is 0.792. The summed E-state index contributed by atoms with van der Waals surface area (Å²) >= 11 is 0. The van der Waals surface area contributed by atoms with Gasteiger partial charge in [0.2, 0.25) is 0 Å². The molecule has 0 saturated carbocycles. The second-order valence-corrected chi connectivity index (χ2v) is 9.80. The van der Waals surface area contributed by atoms with Crippen molar-refractivity contribution in [1.29, 1.82) is 0 Å². The van der Waals surface area contributed by atoms with E-state index in [4.69, 9.17) is 33.2 Å². The quantitative estimate of drug-likeness (QED) is 0.0758. The van der Waals surface area contributed by atoms with E-state index < -0.39 is 98.6 Å². The monoisotopic (exact) mass is 610 g/mol. The summed E-state index contributed by atoms with van der Waals surface area (Å²) in [6.07, 6.45) is -14.4. The second kappa shape index (κ2) is 15.2. The molecule has 240 valence electrons. The number of aliphatic hydroxyl groups is 5. The normalized spacial score (nSPS) is 37.8. The van der Waals surface area contributed by atoms with Crippen molar-refractivity contribution in [3.63, 3.8) is 0 Å². The van der Waals surface area contributed by atoms with Gasteiger partial charge in [0.15, 0.2) is 12.6 Å². The lowest BCUT2D eigenvalue weighted by Gasteiger charge is -2.45. The summed E-state index contributed by atoms with van der Waals surface area (Å²) in [6.45, 7) is 3.48. The smallest absolute Gasteiger partial charge is 0.407 e. The van der Waals surface area contributed by atoms with Crippen LogP contribution >= 0.6 is 0 Å². The molecule has 0 spiro atoms. The zero-order valence-electron chi connectivity index (χ0n) is 22.8. The van der Waals surface area contributed by atoms with E-state index >= 15 is 0 Å². The lowest BCUT2D eigenvalue weighted by molar-refractivity contribution is -0.345. The summed E-state index contributed by atoms with van der Waals surface area (Å²) in [5.74, 6) is -3.71. The number of nitrogens with one attached hydrogen (secondary N) is 2. The molecule has 8 N–H and O–H groups in total. The van der Waals surface area contributed by atoms with Gasteiger partial charge >= 0.3 is 18.2 Å². The third-order valence-electron chi connectivity index (χ3n) is 6.68. The number of unbranched alkanes of at least 4 members (excludes halogenated alkanes) is 1. The van der Waals surface area contributed by atoms with Crippen LogP contribution in [0.2, 0.25) is 0 Å². The largest absolute Gasteiger partial charge is 0.477 e.